The van der Waals surface area contributed by atoms with E-state index in [0.29, 0.717) is 6.54 Å². The van der Waals surface area contributed by atoms with Crippen molar-refractivity contribution in [2.24, 2.45) is 0 Å². The normalized spacial score (nSPS) is 22.9. The third-order valence-electron chi connectivity index (χ3n) is 4.24. The van der Waals surface area contributed by atoms with Crippen LogP contribution >= 0.6 is 0 Å². The van der Waals surface area contributed by atoms with Crippen molar-refractivity contribution in [3.8, 4) is 0 Å². The van der Waals surface area contributed by atoms with Gasteiger partial charge < -0.3 is 4.90 Å². The molecule has 3 nitrogen and oxygen atoms in total. The average Bonchev–Trinajstić information content (AvgIpc) is 2.78. The quantitative estimate of drug-likeness (QED) is 0.848. The molecule has 3 rings (SSSR count). The van der Waals surface area contributed by atoms with Gasteiger partial charge in [0, 0.05) is 19.1 Å². The van der Waals surface area contributed by atoms with Crippen molar-refractivity contribution in [1.29, 1.82) is 0 Å². The Hall–Kier alpha value is -1.49. The minimum Gasteiger partial charge on any atom is -0.341 e. The molecule has 2 heterocycles. The highest BCUT2D eigenvalue weighted by Crippen LogP contribution is 2.32. The largest absolute Gasteiger partial charge is 0.341 e. The van der Waals surface area contributed by atoms with Gasteiger partial charge in [0.15, 0.2) is 11.6 Å². The van der Waals surface area contributed by atoms with E-state index in [1.54, 1.807) is 6.07 Å². The predicted molar refractivity (Wildman–Crippen MR) is 71.1 cm³/mol. The number of amides is 1. The van der Waals surface area contributed by atoms with E-state index in [1.807, 2.05) is 4.90 Å². The predicted octanol–water partition coefficient (Wildman–Crippen LogP) is 2.33. The highest BCUT2D eigenvalue weighted by Gasteiger charge is 2.30. The number of hydrogen-bond donors (Lipinski definition) is 0. The van der Waals surface area contributed by atoms with E-state index in [-0.39, 0.29) is 11.9 Å². The fraction of sp³-hybridized carbons (Fsp3) is 0.533. The summed E-state index contributed by atoms with van der Waals surface area (Å²) in [6, 6.07) is 4.07. The Balaban J connectivity index is 1.71. The molecule has 2 aliphatic heterocycles. The number of carbonyl (C=O) groups excluding carboxylic acids is 1. The fourth-order valence-electron chi connectivity index (χ4n) is 2.95. The molecule has 0 aromatic heterocycles. The first-order chi connectivity index (χ1) is 9.65. The second-order valence-corrected chi connectivity index (χ2v) is 5.54. The molecule has 0 bridgehead atoms. The highest BCUT2D eigenvalue weighted by atomic mass is 19.2. The molecule has 0 radical (unpaired) electrons. The van der Waals surface area contributed by atoms with Crippen LogP contribution in [-0.4, -0.2) is 41.9 Å². The SMILES string of the molecule is O=C(CN1CCCC1c1ccc(F)c(F)c1)N1CCC1. The molecular formula is C15H18F2N2O. The molecule has 2 saturated heterocycles. The van der Waals surface area contributed by atoms with Crippen LogP contribution in [0.3, 0.4) is 0 Å². The van der Waals surface area contributed by atoms with E-state index in [4.69, 9.17) is 0 Å². The van der Waals surface area contributed by atoms with Gasteiger partial charge in [0.25, 0.3) is 0 Å². The van der Waals surface area contributed by atoms with Crippen molar-refractivity contribution in [3.05, 3.63) is 35.4 Å². The molecule has 1 amide bonds. The van der Waals surface area contributed by atoms with Crippen LogP contribution in [0.5, 0.6) is 0 Å². The summed E-state index contributed by atoms with van der Waals surface area (Å²) in [6.07, 6.45) is 2.95. The molecular weight excluding hydrogens is 262 g/mol. The zero-order valence-corrected chi connectivity index (χ0v) is 11.3. The lowest BCUT2D eigenvalue weighted by molar-refractivity contribution is -0.136. The van der Waals surface area contributed by atoms with Crippen molar-refractivity contribution in [3.63, 3.8) is 0 Å². The molecule has 1 aromatic carbocycles. The van der Waals surface area contributed by atoms with Gasteiger partial charge in [-0.05, 0) is 43.5 Å². The summed E-state index contributed by atoms with van der Waals surface area (Å²) < 4.78 is 26.3. The van der Waals surface area contributed by atoms with Crippen LogP contribution in [0.25, 0.3) is 0 Å². The second-order valence-electron chi connectivity index (χ2n) is 5.54. The van der Waals surface area contributed by atoms with Crippen LogP contribution in [0.1, 0.15) is 30.9 Å². The second kappa shape index (κ2) is 5.48. The van der Waals surface area contributed by atoms with Gasteiger partial charge in [-0.2, -0.15) is 0 Å². The van der Waals surface area contributed by atoms with Crippen LogP contribution in [-0.2, 0) is 4.79 Å². The summed E-state index contributed by atoms with van der Waals surface area (Å²) in [6.45, 7) is 2.91. The van der Waals surface area contributed by atoms with Crippen LogP contribution in [0, 0.1) is 11.6 Å². The first-order valence-corrected chi connectivity index (χ1v) is 7.12. The lowest BCUT2D eigenvalue weighted by Crippen LogP contribution is -2.47. The molecule has 0 saturated carbocycles. The van der Waals surface area contributed by atoms with Gasteiger partial charge in [-0.1, -0.05) is 6.07 Å². The first kappa shape index (κ1) is 13.5. The van der Waals surface area contributed by atoms with E-state index in [2.05, 4.69) is 4.90 Å². The lowest BCUT2D eigenvalue weighted by Gasteiger charge is -2.33. The summed E-state index contributed by atoms with van der Waals surface area (Å²) in [4.78, 5) is 16.0. The molecule has 1 atom stereocenters. The maximum absolute atomic E-state index is 13.3. The van der Waals surface area contributed by atoms with Crippen molar-refractivity contribution in [2.75, 3.05) is 26.2 Å². The Morgan fingerprint density at radius 1 is 1.15 bits per heavy atom. The fourth-order valence-corrected chi connectivity index (χ4v) is 2.95. The van der Waals surface area contributed by atoms with Crippen LogP contribution in [0.15, 0.2) is 18.2 Å². The third kappa shape index (κ3) is 2.54. The van der Waals surface area contributed by atoms with E-state index in [0.717, 1.165) is 44.5 Å². The molecule has 20 heavy (non-hydrogen) atoms. The summed E-state index contributed by atoms with van der Waals surface area (Å²) in [5, 5.41) is 0. The Morgan fingerprint density at radius 3 is 2.60 bits per heavy atom. The van der Waals surface area contributed by atoms with Crippen molar-refractivity contribution in [1.82, 2.24) is 9.80 Å². The lowest BCUT2D eigenvalue weighted by atomic mass is 10.0. The van der Waals surface area contributed by atoms with Crippen molar-refractivity contribution < 1.29 is 13.6 Å². The van der Waals surface area contributed by atoms with Crippen LogP contribution < -0.4 is 0 Å². The standard InChI is InChI=1S/C15H18F2N2O/c16-12-5-4-11(9-13(12)17)14-3-1-6-19(14)10-15(20)18-7-2-8-18/h4-5,9,14H,1-3,6-8,10H2. The number of hydrogen-bond acceptors (Lipinski definition) is 2. The Morgan fingerprint density at radius 2 is 1.95 bits per heavy atom. The Labute approximate surface area is 117 Å². The molecule has 2 aliphatic rings. The monoisotopic (exact) mass is 280 g/mol. The summed E-state index contributed by atoms with van der Waals surface area (Å²) in [5.74, 6) is -1.50. The van der Waals surface area contributed by atoms with Gasteiger partial charge in [0.1, 0.15) is 0 Å². The van der Waals surface area contributed by atoms with Gasteiger partial charge >= 0.3 is 0 Å². The molecule has 1 unspecified atom stereocenters. The third-order valence-corrected chi connectivity index (χ3v) is 4.24. The highest BCUT2D eigenvalue weighted by molar-refractivity contribution is 5.79. The van der Waals surface area contributed by atoms with Gasteiger partial charge in [0.2, 0.25) is 5.91 Å². The summed E-state index contributed by atoms with van der Waals surface area (Å²) in [5.41, 5.74) is 0.762. The molecule has 0 N–H and O–H groups in total. The topological polar surface area (TPSA) is 23.6 Å². The minimum atomic E-state index is -0.824. The number of nitrogens with zero attached hydrogens (tertiary/aromatic N) is 2. The van der Waals surface area contributed by atoms with E-state index in [9.17, 15) is 13.6 Å². The van der Waals surface area contributed by atoms with E-state index < -0.39 is 11.6 Å². The zero-order chi connectivity index (χ0) is 14.1. The number of likely N-dealkylation sites (tertiary alicyclic amines) is 2. The maximum Gasteiger partial charge on any atom is 0.236 e. The summed E-state index contributed by atoms with van der Waals surface area (Å²) >= 11 is 0. The number of halogens is 2. The summed E-state index contributed by atoms with van der Waals surface area (Å²) in [7, 11) is 0. The first-order valence-electron chi connectivity index (χ1n) is 7.12. The molecule has 2 fully saturated rings. The molecule has 5 heteroatoms. The molecule has 0 aliphatic carbocycles. The molecule has 0 spiro atoms. The number of benzene rings is 1. The molecule has 108 valence electrons. The molecule has 1 aromatic rings. The van der Waals surface area contributed by atoms with Crippen LogP contribution in [0.4, 0.5) is 8.78 Å². The average molecular weight is 280 g/mol. The number of rotatable bonds is 3. The van der Waals surface area contributed by atoms with Crippen LogP contribution in [0.2, 0.25) is 0 Å². The minimum absolute atomic E-state index is 0.0235. The van der Waals surface area contributed by atoms with Gasteiger partial charge in [-0.15, -0.1) is 0 Å². The van der Waals surface area contributed by atoms with Gasteiger partial charge in [-0.3, -0.25) is 9.69 Å². The number of carbonyl (C=O) groups is 1. The van der Waals surface area contributed by atoms with Gasteiger partial charge in [0.05, 0.1) is 6.54 Å². The van der Waals surface area contributed by atoms with E-state index in [1.165, 1.54) is 12.1 Å². The zero-order valence-electron chi connectivity index (χ0n) is 11.3. The smallest absolute Gasteiger partial charge is 0.236 e. The van der Waals surface area contributed by atoms with E-state index >= 15 is 0 Å². The Kier molecular flexibility index (Phi) is 3.70. The van der Waals surface area contributed by atoms with Crippen molar-refractivity contribution in [2.45, 2.75) is 25.3 Å². The van der Waals surface area contributed by atoms with Crippen molar-refractivity contribution >= 4 is 5.91 Å². The van der Waals surface area contributed by atoms with Gasteiger partial charge in [-0.25, -0.2) is 8.78 Å². The maximum atomic E-state index is 13.3. The Bertz CT molecular complexity index is 517.